The number of amides is 2. The minimum absolute atomic E-state index is 0.120. The van der Waals surface area contributed by atoms with E-state index in [0.29, 0.717) is 25.6 Å². The maximum Gasteiger partial charge on any atom is 0.256 e. The van der Waals surface area contributed by atoms with Crippen LogP contribution in [0.3, 0.4) is 0 Å². The van der Waals surface area contributed by atoms with Gasteiger partial charge in [-0.05, 0) is 60.9 Å². The number of hydrogen-bond acceptors (Lipinski definition) is 3. The van der Waals surface area contributed by atoms with E-state index in [2.05, 4.69) is 5.32 Å². The van der Waals surface area contributed by atoms with E-state index < -0.39 is 5.82 Å². The van der Waals surface area contributed by atoms with E-state index in [9.17, 15) is 14.0 Å². The highest BCUT2D eigenvalue weighted by atomic mass is 32.2. The van der Waals surface area contributed by atoms with Gasteiger partial charge in [-0.15, -0.1) is 11.8 Å². The van der Waals surface area contributed by atoms with Crippen LogP contribution in [0.25, 0.3) is 6.08 Å². The zero-order chi connectivity index (χ0) is 20.6. The lowest BCUT2D eigenvalue weighted by Crippen LogP contribution is -2.41. The second-order valence-corrected chi connectivity index (χ2v) is 7.95. The normalized spacial score (nSPS) is 14.9. The molecule has 1 saturated heterocycles. The van der Waals surface area contributed by atoms with Crippen LogP contribution in [0.4, 0.5) is 4.39 Å². The molecule has 2 aromatic carbocycles. The minimum atomic E-state index is -0.484. The van der Waals surface area contributed by atoms with Crippen molar-refractivity contribution in [2.24, 2.45) is 5.92 Å². The number of piperidine rings is 1. The largest absolute Gasteiger partial charge is 0.352 e. The molecule has 0 spiro atoms. The summed E-state index contributed by atoms with van der Waals surface area (Å²) in [4.78, 5) is 27.4. The Balaban J connectivity index is 1.42. The van der Waals surface area contributed by atoms with Gasteiger partial charge in [0.1, 0.15) is 5.82 Å². The first-order valence-corrected chi connectivity index (χ1v) is 10.9. The van der Waals surface area contributed by atoms with Gasteiger partial charge in [-0.2, -0.15) is 0 Å². The maximum atomic E-state index is 13.8. The molecule has 0 unspecified atom stereocenters. The van der Waals surface area contributed by atoms with E-state index in [-0.39, 0.29) is 17.4 Å². The lowest BCUT2D eigenvalue weighted by Gasteiger charge is -2.32. The summed E-state index contributed by atoms with van der Waals surface area (Å²) in [5.41, 5.74) is 1.10. The Bertz CT molecular complexity index is 875. The average molecular weight is 413 g/mol. The summed E-state index contributed by atoms with van der Waals surface area (Å²) < 4.78 is 13.8. The quantitative estimate of drug-likeness (QED) is 0.571. The van der Waals surface area contributed by atoms with E-state index in [1.807, 2.05) is 30.5 Å². The lowest BCUT2D eigenvalue weighted by molar-refractivity contribution is -0.116. The molecule has 0 bridgehead atoms. The van der Waals surface area contributed by atoms with E-state index >= 15 is 0 Å². The van der Waals surface area contributed by atoms with Crippen LogP contribution in [-0.4, -0.2) is 42.6 Å². The maximum absolute atomic E-state index is 13.8. The van der Waals surface area contributed by atoms with Crippen molar-refractivity contribution < 1.29 is 14.0 Å². The Morgan fingerprint density at radius 2 is 1.83 bits per heavy atom. The minimum Gasteiger partial charge on any atom is -0.352 e. The Hall–Kier alpha value is -2.60. The molecule has 2 amide bonds. The first kappa shape index (κ1) is 21.1. The number of nitrogens with zero attached hydrogens (tertiary/aromatic N) is 1. The van der Waals surface area contributed by atoms with Gasteiger partial charge in [-0.25, -0.2) is 4.39 Å². The number of hydrogen-bond donors (Lipinski definition) is 1. The Morgan fingerprint density at radius 3 is 2.48 bits per heavy atom. The van der Waals surface area contributed by atoms with Crippen molar-refractivity contribution in [1.29, 1.82) is 0 Å². The van der Waals surface area contributed by atoms with Gasteiger partial charge in [-0.1, -0.05) is 24.3 Å². The fraction of sp³-hybridized carbons (Fsp3) is 0.304. The molecule has 1 N–H and O–H groups in total. The number of nitrogens with one attached hydrogen (secondary N) is 1. The van der Waals surface area contributed by atoms with Crippen LogP contribution in [0.15, 0.2) is 59.5 Å². The Labute approximate surface area is 175 Å². The van der Waals surface area contributed by atoms with Crippen LogP contribution in [0.1, 0.15) is 28.8 Å². The summed E-state index contributed by atoms with van der Waals surface area (Å²) in [6.45, 7) is 1.73. The molecular weight excluding hydrogens is 387 g/mol. The zero-order valence-corrected chi connectivity index (χ0v) is 17.3. The van der Waals surface area contributed by atoms with Crippen molar-refractivity contribution in [2.45, 2.75) is 17.7 Å². The van der Waals surface area contributed by atoms with Crippen molar-refractivity contribution in [3.05, 3.63) is 71.6 Å². The molecule has 1 aliphatic rings. The van der Waals surface area contributed by atoms with Crippen LogP contribution < -0.4 is 5.32 Å². The highest BCUT2D eigenvalue weighted by Gasteiger charge is 2.25. The number of likely N-dealkylation sites (tertiary alicyclic amines) is 1. The van der Waals surface area contributed by atoms with Gasteiger partial charge in [0.05, 0.1) is 5.56 Å². The Morgan fingerprint density at radius 1 is 1.14 bits per heavy atom. The molecule has 0 radical (unpaired) electrons. The third-order valence-corrected chi connectivity index (χ3v) is 5.86. The molecule has 0 atom stereocenters. The molecule has 0 saturated carbocycles. The number of carbonyl (C=O) groups excluding carboxylic acids is 2. The van der Waals surface area contributed by atoms with Gasteiger partial charge >= 0.3 is 0 Å². The van der Waals surface area contributed by atoms with Crippen molar-refractivity contribution >= 4 is 29.7 Å². The molecule has 6 heteroatoms. The molecule has 29 heavy (non-hydrogen) atoms. The van der Waals surface area contributed by atoms with Crippen molar-refractivity contribution in [2.75, 3.05) is 25.9 Å². The second-order valence-electron chi connectivity index (χ2n) is 7.07. The van der Waals surface area contributed by atoms with Crippen molar-refractivity contribution in [3.63, 3.8) is 0 Å². The van der Waals surface area contributed by atoms with Gasteiger partial charge < -0.3 is 10.2 Å². The molecule has 152 valence electrons. The van der Waals surface area contributed by atoms with Gasteiger partial charge in [0.25, 0.3) is 5.91 Å². The highest BCUT2D eigenvalue weighted by molar-refractivity contribution is 7.98. The topological polar surface area (TPSA) is 49.4 Å². The SMILES string of the molecule is CSc1ccc(/C=C/C(=O)NCC2CCN(C(=O)c3ccccc3F)CC2)cc1. The summed E-state index contributed by atoms with van der Waals surface area (Å²) in [5, 5.41) is 2.94. The summed E-state index contributed by atoms with van der Waals surface area (Å²) in [5.74, 6) is -0.551. The van der Waals surface area contributed by atoms with Gasteiger partial charge in [-0.3, -0.25) is 9.59 Å². The van der Waals surface area contributed by atoms with Gasteiger partial charge in [0, 0.05) is 30.6 Å². The molecular formula is C23H25FN2O2S. The molecule has 3 rings (SSSR count). The number of halogens is 1. The van der Waals surface area contributed by atoms with Gasteiger partial charge in [0.15, 0.2) is 0 Å². The van der Waals surface area contributed by atoms with E-state index in [4.69, 9.17) is 0 Å². The standard InChI is InChI=1S/C23H25FN2O2S/c1-29-19-9-6-17(7-10-19)8-11-22(27)25-16-18-12-14-26(15-13-18)23(28)20-4-2-3-5-21(20)24/h2-11,18H,12-16H2,1H3,(H,25,27)/b11-8+. The number of thioether (sulfide) groups is 1. The zero-order valence-electron chi connectivity index (χ0n) is 16.4. The fourth-order valence-electron chi connectivity index (χ4n) is 3.34. The summed E-state index contributed by atoms with van der Waals surface area (Å²) in [7, 11) is 0. The van der Waals surface area contributed by atoms with Crippen LogP contribution in [0.5, 0.6) is 0 Å². The van der Waals surface area contributed by atoms with Crippen molar-refractivity contribution in [3.8, 4) is 0 Å². The number of rotatable bonds is 6. The van der Waals surface area contributed by atoms with E-state index in [1.165, 1.54) is 17.0 Å². The van der Waals surface area contributed by atoms with Crippen LogP contribution >= 0.6 is 11.8 Å². The molecule has 1 heterocycles. The fourth-order valence-corrected chi connectivity index (χ4v) is 3.74. The Kier molecular flexibility index (Phi) is 7.47. The van der Waals surface area contributed by atoms with Gasteiger partial charge in [0.2, 0.25) is 5.91 Å². The summed E-state index contributed by atoms with van der Waals surface area (Å²) >= 11 is 1.68. The number of benzene rings is 2. The van der Waals surface area contributed by atoms with Crippen LogP contribution in [-0.2, 0) is 4.79 Å². The highest BCUT2D eigenvalue weighted by Crippen LogP contribution is 2.20. The number of carbonyl (C=O) groups is 2. The summed E-state index contributed by atoms with van der Waals surface area (Å²) in [6.07, 6.45) is 6.96. The molecule has 0 aromatic heterocycles. The second kappa shape index (κ2) is 10.3. The lowest BCUT2D eigenvalue weighted by atomic mass is 9.96. The van der Waals surface area contributed by atoms with E-state index in [1.54, 1.807) is 40.9 Å². The monoisotopic (exact) mass is 412 g/mol. The average Bonchev–Trinajstić information content (AvgIpc) is 2.77. The first-order chi connectivity index (χ1) is 14.1. The molecule has 4 nitrogen and oxygen atoms in total. The third kappa shape index (κ3) is 5.94. The predicted octanol–water partition coefficient (Wildman–Crippen LogP) is 4.23. The smallest absolute Gasteiger partial charge is 0.256 e. The first-order valence-electron chi connectivity index (χ1n) is 9.70. The van der Waals surface area contributed by atoms with Crippen LogP contribution in [0.2, 0.25) is 0 Å². The van der Waals surface area contributed by atoms with Crippen molar-refractivity contribution in [1.82, 2.24) is 10.2 Å². The third-order valence-electron chi connectivity index (χ3n) is 5.11. The molecule has 0 aliphatic carbocycles. The predicted molar refractivity (Wildman–Crippen MR) is 115 cm³/mol. The molecule has 1 fully saturated rings. The van der Waals surface area contributed by atoms with Crippen LogP contribution in [0, 0.1) is 11.7 Å². The summed E-state index contributed by atoms with van der Waals surface area (Å²) in [6, 6.07) is 14.1. The molecule has 2 aromatic rings. The molecule has 1 aliphatic heterocycles. The van der Waals surface area contributed by atoms with E-state index in [0.717, 1.165) is 18.4 Å².